The minimum Gasteiger partial charge on any atom is -0.381 e. The van der Waals surface area contributed by atoms with Crippen molar-refractivity contribution in [1.29, 1.82) is 0 Å². The van der Waals surface area contributed by atoms with Crippen LogP contribution in [0.25, 0.3) is 0 Å². The van der Waals surface area contributed by atoms with Crippen LogP contribution in [0.3, 0.4) is 0 Å². The molecule has 1 aromatic carbocycles. The number of halogens is 2. The molecule has 170 valence electrons. The van der Waals surface area contributed by atoms with E-state index in [4.69, 9.17) is 4.74 Å². The van der Waals surface area contributed by atoms with Gasteiger partial charge in [-0.1, -0.05) is 25.5 Å². The summed E-state index contributed by atoms with van der Waals surface area (Å²) in [6.07, 6.45) is 6.98. The van der Waals surface area contributed by atoms with Crippen molar-refractivity contribution in [3.8, 4) is 0 Å². The third-order valence-electron chi connectivity index (χ3n) is 6.62. The Hall–Kier alpha value is -0.930. The van der Waals surface area contributed by atoms with Gasteiger partial charge in [0.05, 0.1) is 0 Å². The number of ether oxygens (including phenoxy) is 1. The maximum Gasteiger partial charge on any atom is 0.191 e. The van der Waals surface area contributed by atoms with Crippen molar-refractivity contribution >= 4 is 29.9 Å². The largest absolute Gasteiger partial charge is 0.381 e. The Morgan fingerprint density at radius 1 is 1.27 bits per heavy atom. The first-order valence-corrected chi connectivity index (χ1v) is 11.2. The second-order valence-electron chi connectivity index (χ2n) is 8.35. The van der Waals surface area contributed by atoms with Gasteiger partial charge in [0.25, 0.3) is 0 Å². The minimum atomic E-state index is -0.178. The SMILES string of the molecule is CCC1CCCCN1CCNC(=NC)NCC1(c2cccc(F)c2)CCOCC1.I. The number of hydrogen-bond donors (Lipinski definition) is 2. The van der Waals surface area contributed by atoms with Gasteiger partial charge in [-0.2, -0.15) is 0 Å². The second-order valence-corrected chi connectivity index (χ2v) is 8.35. The summed E-state index contributed by atoms with van der Waals surface area (Å²) in [5.41, 5.74) is 0.917. The van der Waals surface area contributed by atoms with Crippen LogP contribution in [-0.4, -0.2) is 63.3 Å². The Morgan fingerprint density at radius 2 is 2.07 bits per heavy atom. The molecule has 1 atom stereocenters. The molecule has 2 saturated heterocycles. The standard InChI is InChI=1S/C23H37FN4O.HI/c1-3-21-9-4-5-13-28(21)14-12-26-22(25-2)27-18-23(10-15-29-16-11-23)19-7-6-8-20(24)17-19;/h6-8,17,21H,3-5,9-16,18H2,1-2H3,(H2,25,26,27);1H. The van der Waals surface area contributed by atoms with Crippen LogP contribution in [-0.2, 0) is 10.2 Å². The van der Waals surface area contributed by atoms with Gasteiger partial charge in [-0.25, -0.2) is 4.39 Å². The molecule has 0 aromatic heterocycles. The van der Waals surface area contributed by atoms with Gasteiger partial charge >= 0.3 is 0 Å². The number of hydrogen-bond acceptors (Lipinski definition) is 3. The summed E-state index contributed by atoms with van der Waals surface area (Å²) in [4.78, 5) is 7.01. The number of aliphatic imine (C=N–C) groups is 1. The lowest BCUT2D eigenvalue weighted by molar-refractivity contribution is 0.0512. The molecule has 30 heavy (non-hydrogen) atoms. The lowest BCUT2D eigenvalue weighted by atomic mass is 9.74. The van der Waals surface area contributed by atoms with E-state index in [-0.39, 0.29) is 35.2 Å². The number of benzene rings is 1. The van der Waals surface area contributed by atoms with Gasteiger partial charge in [-0.3, -0.25) is 9.89 Å². The van der Waals surface area contributed by atoms with Crippen LogP contribution in [0.1, 0.15) is 51.0 Å². The molecule has 3 rings (SSSR count). The number of nitrogens with one attached hydrogen (secondary N) is 2. The first kappa shape index (κ1) is 25.3. The molecule has 0 bridgehead atoms. The molecule has 0 radical (unpaired) electrons. The van der Waals surface area contributed by atoms with Crippen molar-refractivity contribution in [1.82, 2.24) is 15.5 Å². The zero-order valence-corrected chi connectivity index (χ0v) is 20.8. The molecule has 1 unspecified atom stereocenters. The molecular formula is C23H38FIN4O. The molecule has 2 fully saturated rings. The summed E-state index contributed by atoms with van der Waals surface area (Å²) >= 11 is 0. The van der Waals surface area contributed by atoms with E-state index in [2.05, 4.69) is 27.4 Å². The van der Waals surface area contributed by atoms with Crippen LogP contribution in [0.5, 0.6) is 0 Å². The Balaban J connectivity index is 0.00000320. The number of nitrogens with zero attached hydrogens (tertiary/aromatic N) is 2. The third kappa shape index (κ3) is 6.79. The van der Waals surface area contributed by atoms with Crippen molar-refractivity contribution in [2.45, 2.75) is 56.9 Å². The Labute approximate surface area is 198 Å². The van der Waals surface area contributed by atoms with Gasteiger partial charge in [0.15, 0.2) is 5.96 Å². The highest BCUT2D eigenvalue weighted by Gasteiger charge is 2.35. The fourth-order valence-corrected chi connectivity index (χ4v) is 4.76. The predicted molar refractivity (Wildman–Crippen MR) is 132 cm³/mol. The number of rotatable bonds is 7. The highest BCUT2D eigenvalue weighted by molar-refractivity contribution is 14.0. The van der Waals surface area contributed by atoms with E-state index < -0.39 is 0 Å². The van der Waals surface area contributed by atoms with Crippen molar-refractivity contribution in [2.75, 3.05) is 46.4 Å². The summed E-state index contributed by atoms with van der Waals surface area (Å²) < 4.78 is 19.5. The van der Waals surface area contributed by atoms with E-state index in [0.29, 0.717) is 13.2 Å². The normalized spacial score (nSPS) is 22.2. The lowest BCUT2D eigenvalue weighted by Gasteiger charge is -2.38. The van der Waals surface area contributed by atoms with E-state index in [1.165, 1.54) is 38.3 Å². The first-order chi connectivity index (χ1) is 14.2. The van der Waals surface area contributed by atoms with Gasteiger partial charge in [0, 0.05) is 51.4 Å². The molecule has 5 nitrogen and oxygen atoms in total. The summed E-state index contributed by atoms with van der Waals surface area (Å²) in [6.45, 7) is 7.55. The summed E-state index contributed by atoms with van der Waals surface area (Å²) in [5, 5.41) is 6.98. The maximum absolute atomic E-state index is 13.9. The lowest BCUT2D eigenvalue weighted by Crippen LogP contribution is -2.50. The highest BCUT2D eigenvalue weighted by atomic mass is 127. The molecule has 2 heterocycles. The molecule has 1 aromatic rings. The van der Waals surface area contributed by atoms with Crippen LogP contribution in [0.2, 0.25) is 0 Å². The van der Waals surface area contributed by atoms with E-state index in [1.807, 2.05) is 13.1 Å². The molecule has 2 aliphatic heterocycles. The van der Waals surface area contributed by atoms with Crippen molar-refractivity contribution in [2.24, 2.45) is 4.99 Å². The quantitative estimate of drug-likeness (QED) is 0.318. The van der Waals surface area contributed by atoms with Gasteiger partial charge in [0.2, 0.25) is 0 Å². The van der Waals surface area contributed by atoms with Gasteiger partial charge in [0.1, 0.15) is 5.82 Å². The number of guanidine groups is 1. The monoisotopic (exact) mass is 532 g/mol. The molecule has 7 heteroatoms. The number of piperidine rings is 1. The molecule has 0 spiro atoms. The topological polar surface area (TPSA) is 48.9 Å². The van der Waals surface area contributed by atoms with Crippen LogP contribution < -0.4 is 10.6 Å². The molecule has 0 amide bonds. The van der Waals surface area contributed by atoms with E-state index in [1.54, 1.807) is 12.1 Å². The number of likely N-dealkylation sites (tertiary alicyclic amines) is 1. The van der Waals surface area contributed by atoms with Gasteiger partial charge in [-0.05, 0) is 56.3 Å². The van der Waals surface area contributed by atoms with Crippen LogP contribution >= 0.6 is 24.0 Å². The van der Waals surface area contributed by atoms with Crippen LogP contribution in [0, 0.1) is 5.82 Å². The van der Waals surface area contributed by atoms with Gasteiger partial charge < -0.3 is 15.4 Å². The zero-order valence-electron chi connectivity index (χ0n) is 18.5. The molecule has 2 aliphatic rings. The molecule has 0 saturated carbocycles. The van der Waals surface area contributed by atoms with E-state index in [9.17, 15) is 4.39 Å². The predicted octanol–water partition coefficient (Wildman–Crippen LogP) is 3.92. The van der Waals surface area contributed by atoms with Crippen LogP contribution in [0.15, 0.2) is 29.3 Å². The molecular weight excluding hydrogens is 494 g/mol. The summed E-state index contributed by atoms with van der Waals surface area (Å²) in [6, 6.07) is 7.74. The minimum absolute atomic E-state index is 0. The van der Waals surface area contributed by atoms with Gasteiger partial charge in [-0.15, -0.1) is 24.0 Å². The van der Waals surface area contributed by atoms with E-state index >= 15 is 0 Å². The third-order valence-corrected chi connectivity index (χ3v) is 6.62. The summed E-state index contributed by atoms with van der Waals surface area (Å²) in [7, 11) is 1.81. The zero-order chi connectivity index (χ0) is 20.5. The average Bonchev–Trinajstić information content (AvgIpc) is 2.77. The van der Waals surface area contributed by atoms with Crippen LogP contribution in [0.4, 0.5) is 4.39 Å². The fraction of sp³-hybridized carbons (Fsp3) is 0.696. The van der Waals surface area contributed by atoms with Crippen molar-refractivity contribution in [3.05, 3.63) is 35.6 Å². The Bertz CT molecular complexity index is 666. The Kier molecular flexibility index (Phi) is 10.8. The van der Waals surface area contributed by atoms with Crippen molar-refractivity contribution < 1.29 is 9.13 Å². The Morgan fingerprint density at radius 3 is 2.77 bits per heavy atom. The average molecular weight is 532 g/mol. The van der Waals surface area contributed by atoms with Crippen molar-refractivity contribution in [3.63, 3.8) is 0 Å². The molecule has 2 N–H and O–H groups in total. The second kappa shape index (κ2) is 12.8. The summed E-state index contributed by atoms with van der Waals surface area (Å²) in [5.74, 6) is 0.639. The highest BCUT2D eigenvalue weighted by Crippen LogP contribution is 2.34. The van der Waals surface area contributed by atoms with E-state index in [0.717, 1.165) is 50.0 Å². The fourth-order valence-electron chi connectivity index (χ4n) is 4.76. The molecule has 0 aliphatic carbocycles. The smallest absolute Gasteiger partial charge is 0.191 e. The maximum atomic E-state index is 13.9. The first-order valence-electron chi connectivity index (χ1n) is 11.2.